The van der Waals surface area contributed by atoms with E-state index in [4.69, 9.17) is 5.11 Å². The molecule has 0 spiro atoms. The summed E-state index contributed by atoms with van der Waals surface area (Å²) in [5.41, 5.74) is 1.21. The highest BCUT2D eigenvalue weighted by Crippen LogP contribution is 2.15. The van der Waals surface area contributed by atoms with Gasteiger partial charge in [0.15, 0.2) is 0 Å². The number of carbonyl (C=O) groups is 2. The Morgan fingerprint density at radius 3 is 2.70 bits per heavy atom. The van der Waals surface area contributed by atoms with Crippen molar-refractivity contribution in [2.75, 3.05) is 25.0 Å². The van der Waals surface area contributed by atoms with Crippen LogP contribution in [0, 0.1) is 12.7 Å². The summed E-state index contributed by atoms with van der Waals surface area (Å²) in [5.74, 6) is -1.60. The molecule has 110 valence electrons. The normalized spacial score (nSPS) is 10.6. The lowest BCUT2D eigenvalue weighted by molar-refractivity contribution is -0.137. The number of nitrogens with one attached hydrogen (secondary N) is 1. The molecule has 0 radical (unpaired) electrons. The van der Waals surface area contributed by atoms with E-state index in [0.717, 1.165) is 5.56 Å². The summed E-state index contributed by atoms with van der Waals surface area (Å²) in [7, 11) is 0. The van der Waals surface area contributed by atoms with E-state index in [-0.39, 0.29) is 18.9 Å². The second-order valence-electron chi connectivity index (χ2n) is 4.52. The summed E-state index contributed by atoms with van der Waals surface area (Å²) in [6, 6.07) is 4.18. The quantitative estimate of drug-likeness (QED) is 0.801. The fourth-order valence-electron chi connectivity index (χ4n) is 1.72. The molecule has 1 aromatic carbocycles. The Balaban J connectivity index is 2.57. The number of hydrogen-bond acceptors (Lipinski definition) is 3. The van der Waals surface area contributed by atoms with Gasteiger partial charge in [0.2, 0.25) is 5.91 Å². The fourth-order valence-corrected chi connectivity index (χ4v) is 1.72. The van der Waals surface area contributed by atoms with Crippen LogP contribution in [0.1, 0.15) is 18.9 Å². The fraction of sp³-hybridized carbons (Fsp3) is 0.429. The van der Waals surface area contributed by atoms with Gasteiger partial charge in [-0.2, -0.15) is 0 Å². The maximum atomic E-state index is 13.1. The highest BCUT2D eigenvalue weighted by Gasteiger charge is 2.12. The van der Waals surface area contributed by atoms with Crippen molar-refractivity contribution in [1.82, 2.24) is 4.90 Å². The van der Waals surface area contributed by atoms with E-state index in [1.165, 1.54) is 12.1 Å². The summed E-state index contributed by atoms with van der Waals surface area (Å²) in [4.78, 5) is 24.1. The molecule has 6 heteroatoms. The topological polar surface area (TPSA) is 69.6 Å². The molecule has 1 aromatic rings. The minimum Gasteiger partial charge on any atom is -0.481 e. The van der Waals surface area contributed by atoms with Crippen molar-refractivity contribution in [3.8, 4) is 0 Å². The number of nitrogens with zero attached hydrogens (tertiary/aromatic N) is 1. The van der Waals surface area contributed by atoms with Crippen LogP contribution in [-0.4, -0.2) is 41.5 Å². The zero-order chi connectivity index (χ0) is 15.1. The summed E-state index contributed by atoms with van der Waals surface area (Å²) in [5, 5.41) is 11.3. The molecule has 5 nitrogen and oxygen atoms in total. The number of rotatable bonds is 7. The minimum absolute atomic E-state index is 0.0138. The van der Waals surface area contributed by atoms with Gasteiger partial charge in [0.1, 0.15) is 5.82 Å². The smallest absolute Gasteiger partial charge is 0.304 e. The first-order valence-corrected chi connectivity index (χ1v) is 6.42. The van der Waals surface area contributed by atoms with Crippen LogP contribution < -0.4 is 5.32 Å². The molecule has 0 aliphatic carbocycles. The molecule has 0 unspecified atom stereocenters. The molecule has 1 rings (SSSR count). The predicted molar refractivity (Wildman–Crippen MR) is 74.1 cm³/mol. The molecule has 0 fully saturated rings. The molecule has 1 amide bonds. The first-order chi connectivity index (χ1) is 9.42. The van der Waals surface area contributed by atoms with Gasteiger partial charge in [-0.1, -0.05) is 13.0 Å². The Bertz CT molecular complexity index is 491. The minimum atomic E-state index is -0.898. The molecule has 0 aliphatic rings. The Kier molecular flexibility index (Phi) is 6.11. The van der Waals surface area contributed by atoms with E-state index in [1.807, 2.05) is 6.92 Å². The Morgan fingerprint density at radius 2 is 2.10 bits per heavy atom. The van der Waals surface area contributed by atoms with Crippen LogP contribution in [0.4, 0.5) is 10.1 Å². The number of aliphatic carboxylic acids is 1. The monoisotopic (exact) mass is 282 g/mol. The number of carbonyl (C=O) groups excluding carboxylic acids is 1. The van der Waals surface area contributed by atoms with Crippen LogP contribution in [0.2, 0.25) is 0 Å². The van der Waals surface area contributed by atoms with Gasteiger partial charge < -0.3 is 10.4 Å². The zero-order valence-electron chi connectivity index (χ0n) is 11.6. The number of hydrogen-bond donors (Lipinski definition) is 2. The molecule has 0 atom stereocenters. The molecule has 20 heavy (non-hydrogen) atoms. The van der Waals surface area contributed by atoms with Gasteiger partial charge in [0.05, 0.1) is 13.0 Å². The van der Waals surface area contributed by atoms with E-state index in [2.05, 4.69) is 5.32 Å². The number of likely N-dealkylation sites (N-methyl/N-ethyl adjacent to an activating group) is 1. The SMILES string of the molecule is CCN(CCC(=O)O)CC(=O)Nc1cc(F)ccc1C. The molecule has 2 N–H and O–H groups in total. The van der Waals surface area contributed by atoms with Crippen molar-refractivity contribution in [3.63, 3.8) is 0 Å². The molecule has 0 saturated carbocycles. The van der Waals surface area contributed by atoms with Crippen LogP contribution in [0.3, 0.4) is 0 Å². The van der Waals surface area contributed by atoms with Crippen molar-refractivity contribution in [2.24, 2.45) is 0 Å². The van der Waals surface area contributed by atoms with E-state index in [0.29, 0.717) is 18.8 Å². The zero-order valence-corrected chi connectivity index (χ0v) is 11.6. The molecule has 0 bridgehead atoms. The average Bonchev–Trinajstić information content (AvgIpc) is 2.38. The van der Waals surface area contributed by atoms with E-state index in [9.17, 15) is 14.0 Å². The van der Waals surface area contributed by atoms with Crippen molar-refractivity contribution in [1.29, 1.82) is 0 Å². The lowest BCUT2D eigenvalue weighted by atomic mass is 10.2. The summed E-state index contributed by atoms with van der Waals surface area (Å²) in [6.07, 6.45) is -0.0138. The van der Waals surface area contributed by atoms with Crippen molar-refractivity contribution < 1.29 is 19.1 Å². The maximum absolute atomic E-state index is 13.1. The van der Waals surface area contributed by atoms with Gasteiger partial charge in [-0.05, 0) is 31.2 Å². The lowest BCUT2D eigenvalue weighted by Crippen LogP contribution is -2.34. The molecular weight excluding hydrogens is 263 g/mol. The van der Waals surface area contributed by atoms with Crippen molar-refractivity contribution in [2.45, 2.75) is 20.3 Å². The molecule has 0 heterocycles. The number of amides is 1. The van der Waals surface area contributed by atoms with Gasteiger partial charge >= 0.3 is 5.97 Å². The van der Waals surface area contributed by atoms with Crippen LogP contribution in [0.25, 0.3) is 0 Å². The summed E-state index contributed by atoms with van der Waals surface area (Å²) >= 11 is 0. The third-order valence-corrected chi connectivity index (χ3v) is 2.93. The Labute approximate surface area is 117 Å². The third kappa shape index (κ3) is 5.36. The second-order valence-corrected chi connectivity index (χ2v) is 4.52. The third-order valence-electron chi connectivity index (χ3n) is 2.93. The largest absolute Gasteiger partial charge is 0.481 e. The summed E-state index contributed by atoms with van der Waals surface area (Å²) < 4.78 is 13.1. The van der Waals surface area contributed by atoms with Gasteiger partial charge in [-0.3, -0.25) is 14.5 Å². The van der Waals surface area contributed by atoms with E-state index in [1.54, 1.807) is 17.9 Å². The van der Waals surface area contributed by atoms with E-state index < -0.39 is 11.8 Å². The van der Waals surface area contributed by atoms with Crippen LogP contribution in [-0.2, 0) is 9.59 Å². The number of anilines is 1. The maximum Gasteiger partial charge on any atom is 0.304 e. The first kappa shape index (κ1) is 16.1. The average molecular weight is 282 g/mol. The van der Waals surface area contributed by atoms with Gasteiger partial charge in [-0.15, -0.1) is 0 Å². The number of carboxylic acid groups (broad SMARTS) is 1. The number of benzene rings is 1. The highest BCUT2D eigenvalue weighted by atomic mass is 19.1. The van der Waals surface area contributed by atoms with Gasteiger partial charge in [-0.25, -0.2) is 4.39 Å². The number of halogens is 1. The lowest BCUT2D eigenvalue weighted by Gasteiger charge is -2.19. The number of carboxylic acids is 1. The standard InChI is InChI=1S/C14H19FN2O3/c1-3-17(7-6-14(19)20)9-13(18)16-12-8-11(15)5-4-10(12)2/h4-5,8H,3,6-7,9H2,1-2H3,(H,16,18)(H,19,20). The summed E-state index contributed by atoms with van der Waals surface area (Å²) in [6.45, 7) is 4.59. The predicted octanol–water partition coefficient (Wildman–Crippen LogP) is 1.87. The molecular formula is C14H19FN2O3. The van der Waals surface area contributed by atoms with Crippen molar-refractivity contribution in [3.05, 3.63) is 29.6 Å². The van der Waals surface area contributed by atoms with Crippen molar-refractivity contribution >= 4 is 17.6 Å². The molecule has 0 aliphatic heterocycles. The Morgan fingerprint density at radius 1 is 1.40 bits per heavy atom. The Hall–Kier alpha value is -1.95. The molecule has 0 aromatic heterocycles. The van der Waals surface area contributed by atoms with Gasteiger partial charge in [0, 0.05) is 12.2 Å². The van der Waals surface area contributed by atoms with Crippen LogP contribution in [0.15, 0.2) is 18.2 Å². The van der Waals surface area contributed by atoms with Crippen LogP contribution in [0.5, 0.6) is 0 Å². The van der Waals surface area contributed by atoms with E-state index >= 15 is 0 Å². The highest BCUT2D eigenvalue weighted by molar-refractivity contribution is 5.93. The van der Waals surface area contributed by atoms with Crippen LogP contribution >= 0.6 is 0 Å². The van der Waals surface area contributed by atoms with Gasteiger partial charge in [0.25, 0.3) is 0 Å². The molecule has 0 saturated heterocycles. The second kappa shape index (κ2) is 7.59. The first-order valence-electron chi connectivity index (χ1n) is 6.42. The number of aryl methyl sites for hydroxylation is 1.